The Labute approximate surface area is 127 Å². The quantitative estimate of drug-likeness (QED) is 0.748. The number of carbonyl (C=O) groups is 1. The number of carbonyl (C=O) groups excluding carboxylic acids is 1. The summed E-state index contributed by atoms with van der Waals surface area (Å²) in [6, 6.07) is -0.133. The summed E-state index contributed by atoms with van der Waals surface area (Å²) < 4.78 is 28.8. The summed E-state index contributed by atoms with van der Waals surface area (Å²) in [6.07, 6.45) is 2.45. The number of ether oxygens (including phenoxy) is 1. The maximum Gasteiger partial charge on any atom is 0.229 e. The lowest BCUT2D eigenvalue weighted by atomic mass is 10.0. The third-order valence-corrected chi connectivity index (χ3v) is 6.20. The third-order valence-electron chi connectivity index (χ3n) is 4.45. The molecule has 0 spiro atoms. The smallest absolute Gasteiger partial charge is 0.229 e. The molecule has 122 valence electrons. The second-order valence-electron chi connectivity index (χ2n) is 5.98. The molecule has 0 bridgehead atoms. The van der Waals surface area contributed by atoms with E-state index >= 15 is 0 Å². The standard InChI is InChI=1S/C14H26N2O4S/c1-3-4-6-16(11-5-7-21(18,19)10-11)14(17)12-8-20-9-13(12)15-2/h11-13,15H,3-10H2,1-2H3. The van der Waals surface area contributed by atoms with E-state index in [0.29, 0.717) is 26.2 Å². The molecule has 0 saturated carbocycles. The predicted molar refractivity (Wildman–Crippen MR) is 80.8 cm³/mol. The van der Waals surface area contributed by atoms with Gasteiger partial charge in [-0.1, -0.05) is 13.3 Å². The van der Waals surface area contributed by atoms with Gasteiger partial charge in [0.15, 0.2) is 9.84 Å². The molecule has 2 saturated heterocycles. The van der Waals surface area contributed by atoms with Gasteiger partial charge in [-0.3, -0.25) is 4.79 Å². The first-order valence-electron chi connectivity index (χ1n) is 7.74. The van der Waals surface area contributed by atoms with E-state index in [1.807, 2.05) is 7.05 Å². The number of nitrogens with zero attached hydrogens (tertiary/aromatic N) is 1. The molecule has 2 heterocycles. The van der Waals surface area contributed by atoms with Gasteiger partial charge in [-0.05, 0) is 19.9 Å². The first kappa shape index (κ1) is 16.7. The molecular weight excluding hydrogens is 292 g/mol. The van der Waals surface area contributed by atoms with E-state index in [2.05, 4.69) is 12.2 Å². The van der Waals surface area contributed by atoms with Crippen LogP contribution in [0.4, 0.5) is 0 Å². The van der Waals surface area contributed by atoms with Crippen LogP contribution in [0.1, 0.15) is 26.2 Å². The molecule has 3 atom stereocenters. The van der Waals surface area contributed by atoms with Crippen molar-refractivity contribution in [3.63, 3.8) is 0 Å². The average molecular weight is 318 g/mol. The van der Waals surface area contributed by atoms with Gasteiger partial charge in [0.25, 0.3) is 0 Å². The normalized spacial score (nSPS) is 31.4. The van der Waals surface area contributed by atoms with Gasteiger partial charge >= 0.3 is 0 Å². The summed E-state index contributed by atoms with van der Waals surface area (Å²) in [6.45, 7) is 3.68. The van der Waals surface area contributed by atoms with Crippen LogP contribution in [0.15, 0.2) is 0 Å². The largest absolute Gasteiger partial charge is 0.379 e. The minimum Gasteiger partial charge on any atom is -0.379 e. The summed E-state index contributed by atoms with van der Waals surface area (Å²) >= 11 is 0. The fourth-order valence-corrected chi connectivity index (χ4v) is 4.85. The van der Waals surface area contributed by atoms with Gasteiger partial charge in [0.1, 0.15) is 0 Å². The molecule has 3 unspecified atom stereocenters. The molecule has 0 aromatic carbocycles. The van der Waals surface area contributed by atoms with E-state index < -0.39 is 9.84 Å². The fraction of sp³-hybridized carbons (Fsp3) is 0.929. The van der Waals surface area contributed by atoms with Crippen molar-refractivity contribution in [3.8, 4) is 0 Å². The Hall–Kier alpha value is -0.660. The zero-order chi connectivity index (χ0) is 15.5. The second kappa shape index (κ2) is 7.07. The Morgan fingerprint density at radius 3 is 2.71 bits per heavy atom. The zero-order valence-electron chi connectivity index (χ0n) is 12.9. The maximum atomic E-state index is 12.8. The lowest BCUT2D eigenvalue weighted by molar-refractivity contribution is -0.138. The Kier molecular flexibility index (Phi) is 5.62. The number of hydrogen-bond acceptors (Lipinski definition) is 5. The molecule has 0 aromatic heterocycles. The van der Waals surface area contributed by atoms with Crippen LogP contribution >= 0.6 is 0 Å². The highest BCUT2D eigenvalue weighted by atomic mass is 32.2. The second-order valence-corrected chi connectivity index (χ2v) is 8.21. The van der Waals surface area contributed by atoms with Crippen LogP contribution < -0.4 is 5.32 Å². The Bertz CT molecular complexity index is 466. The van der Waals surface area contributed by atoms with Gasteiger partial charge in [0, 0.05) is 18.6 Å². The number of rotatable bonds is 6. The van der Waals surface area contributed by atoms with Crippen LogP contribution in [0.3, 0.4) is 0 Å². The van der Waals surface area contributed by atoms with Crippen LogP contribution in [0, 0.1) is 5.92 Å². The SMILES string of the molecule is CCCCN(C(=O)C1COCC1NC)C1CCS(=O)(=O)C1. The lowest BCUT2D eigenvalue weighted by Crippen LogP contribution is -2.49. The fourth-order valence-electron chi connectivity index (χ4n) is 3.12. The molecule has 0 radical (unpaired) electrons. The highest BCUT2D eigenvalue weighted by Gasteiger charge is 2.40. The van der Waals surface area contributed by atoms with Crippen LogP contribution in [-0.2, 0) is 19.4 Å². The summed E-state index contributed by atoms with van der Waals surface area (Å²) in [4.78, 5) is 14.6. The first-order valence-corrected chi connectivity index (χ1v) is 9.56. The Balaban J connectivity index is 2.10. The predicted octanol–water partition coefficient (Wildman–Crippen LogP) is 0.0366. The molecule has 2 fully saturated rings. The van der Waals surface area contributed by atoms with Gasteiger partial charge in [0.05, 0.1) is 30.6 Å². The Morgan fingerprint density at radius 2 is 2.14 bits per heavy atom. The molecule has 2 rings (SSSR count). The average Bonchev–Trinajstić information content (AvgIpc) is 3.05. The van der Waals surface area contributed by atoms with Crippen molar-refractivity contribution in [3.05, 3.63) is 0 Å². The van der Waals surface area contributed by atoms with E-state index in [0.717, 1.165) is 12.8 Å². The summed E-state index contributed by atoms with van der Waals surface area (Å²) in [7, 11) is -1.15. The molecule has 7 heteroatoms. The molecular formula is C14H26N2O4S. The van der Waals surface area contributed by atoms with Crippen molar-refractivity contribution in [2.75, 3.05) is 38.3 Å². The van der Waals surface area contributed by atoms with E-state index in [1.165, 1.54) is 0 Å². The number of sulfone groups is 1. The van der Waals surface area contributed by atoms with Gasteiger partial charge in [-0.15, -0.1) is 0 Å². The van der Waals surface area contributed by atoms with E-state index in [1.54, 1.807) is 4.90 Å². The number of likely N-dealkylation sites (N-methyl/N-ethyl adjacent to an activating group) is 1. The van der Waals surface area contributed by atoms with Crippen LogP contribution in [0.2, 0.25) is 0 Å². The maximum absolute atomic E-state index is 12.8. The van der Waals surface area contributed by atoms with Gasteiger partial charge in [-0.25, -0.2) is 8.42 Å². The van der Waals surface area contributed by atoms with Gasteiger partial charge in [0.2, 0.25) is 5.91 Å². The lowest BCUT2D eigenvalue weighted by Gasteiger charge is -2.32. The molecule has 6 nitrogen and oxygen atoms in total. The minimum absolute atomic E-state index is 0.0274. The van der Waals surface area contributed by atoms with Gasteiger partial charge < -0.3 is 15.0 Å². The molecule has 0 aromatic rings. The van der Waals surface area contributed by atoms with Crippen molar-refractivity contribution in [1.29, 1.82) is 0 Å². The van der Waals surface area contributed by atoms with Crippen LogP contribution in [0.25, 0.3) is 0 Å². The van der Waals surface area contributed by atoms with E-state index in [-0.39, 0.29) is 35.4 Å². The highest BCUT2D eigenvalue weighted by molar-refractivity contribution is 7.91. The zero-order valence-corrected chi connectivity index (χ0v) is 13.7. The van der Waals surface area contributed by atoms with E-state index in [4.69, 9.17) is 4.74 Å². The molecule has 0 aliphatic carbocycles. The highest BCUT2D eigenvalue weighted by Crippen LogP contribution is 2.23. The topological polar surface area (TPSA) is 75.7 Å². The van der Waals surface area contributed by atoms with Crippen molar-refractivity contribution in [2.45, 2.75) is 38.3 Å². The monoisotopic (exact) mass is 318 g/mol. The van der Waals surface area contributed by atoms with Crippen molar-refractivity contribution in [2.24, 2.45) is 5.92 Å². The third kappa shape index (κ3) is 3.96. The van der Waals surface area contributed by atoms with Crippen molar-refractivity contribution < 1.29 is 17.9 Å². The van der Waals surface area contributed by atoms with E-state index in [9.17, 15) is 13.2 Å². The van der Waals surface area contributed by atoms with Crippen molar-refractivity contribution >= 4 is 15.7 Å². The number of unbranched alkanes of at least 4 members (excludes halogenated alkanes) is 1. The number of hydrogen-bond donors (Lipinski definition) is 1. The van der Waals surface area contributed by atoms with Gasteiger partial charge in [-0.2, -0.15) is 0 Å². The molecule has 2 aliphatic heterocycles. The van der Waals surface area contributed by atoms with Crippen LogP contribution in [-0.4, -0.2) is 69.6 Å². The molecule has 2 aliphatic rings. The number of nitrogens with one attached hydrogen (secondary N) is 1. The summed E-state index contributed by atoms with van der Waals surface area (Å²) in [5.41, 5.74) is 0. The van der Waals surface area contributed by atoms with Crippen LogP contribution in [0.5, 0.6) is 0 Å². The number of amides is 1. The van der Waals surface area contributed by atoms with Crippen molar-refractivity contribution in [1.82, 2.24) is 10.2 Å². The summed E-state index contributed by atoms with van der Waals surface area (Å²) in [5.74, 6) is 0.155. The molecule has 1 amide bonds. The minimum atomic E-state index is -2.98. The molecule has 21 heavy (non-hydrogen) atoms. The Morgan fingerprint density at radius 1 is 1.38 bits per heavy atom. The summed E-state index contributed by atoms with van der Waals surface area (Å²) in [5, 5.41) is 3.12. The first-order chi connectivity index (χ1) is 9.98. The molecule has 1 N–H and O–H groups in total.